The molecule has 2 heterocycles. The smallest absolute Gasteiger partial charge is 0.407 e. The van der Waals surface area contributed by atoms with Crippen molar-refractivity contribution in [3.05, 3.63) is 69.9 Å². The van der Waals surface area contributed by atoms with Crippen LogP contribution in [0.15, 0.2) is 58.9 Å². The first-order valence-corrected chi connectivity index (χ1v) is 14.8. The largest absolute Gasteiger partial charge is 0.448 e. The van der Waals surface area contributed by atoms with Crippen LogP contribution in [-0.4, -0.2) is 70.8 Å². The zero-order chi connectivity index (χ0) is 32.2. The van der Waals surface area contributed by atoms with Crippen LogP contribution in [0, 0.1) is 24.0 Å². The van der Waals surface area contributed by atoms with Gasteiger partial charge in [-0.2, -0.15) is 15.0 Å². The summed E-state index contributed by atoms with van der Waals surface area (Å²) in [6, 6.07) is 13.4. The van der Waals surface area contributed by atoms with Gasteiger partial charge in [0, 0.05) is 38.1 Å². The maximum atomic E-state index is 12.2. The number of hydrogen-bond acceptors (Lipinski definition) is 15. The molecule has 0 fully saturated rings. The molecule has 0 radical (unpaired) electrons. The van der Waals surface area contributed by atoms with E-state index in [4.69, 9.17) is 4.74 Å². The average Bonchev–Trinajstić information content (AvgIpc) is 3.50. The van der Waals surface area contributed by atoms with Gasteiger partial charge in [-0.3, -0.25) is 10.1 Å². The highest BCUT2D eigenvalue weighted by atomic mass is 32.1. The van der Waals surface area contributed by atoms with Gasteiger partial charge in [-0.1, -0.05) is 6.07 Å². The first-order chi connectivity index (χ1) is 21.7. The number of thiazole rings is 1. The first-order valence-electron chi connectivity index (χ1n) is 14.0. The number of carbonyl (C=O) groups excluding carboxylic acids is 1. The molecule has 0 unspecified atom stereocenters. The van der Waals surface area contributed by atoms with Crippen LogP contribution in [0.4, 0.5) is 49.8 Å². The fourth-order valence-corrected chi connectivity index (χ4v) is 4.68. The van der Waals surface area contributed by atoms with E-state index in [0.717, 1.165) is 40.0 Å². The van der Waals surface area contributed by atoms with Crippen molar-refractivity contribution < 1.29 is 14.5 Å². The third kappa shape index (κ3) is 10.1. The lowest BCUT2D eigenvalue weighted by Crippen LogP contribution is -2.33. The van der Waals surface area contributed by atoms with Crippen LogP contribution in [0.1, 0.15) is 18.1 Å². The van der Waals surface area contributed by atoms with Crippen molar-refractivity contribution in [2.45, 2.75) is 20.8 Å². The topological polar surface area (TPSA) is 197 Å². The molecule has 4 rings (SSSR count). The van der Waals surface area contributed by atoms with Gasteiger partial charge in [0.2, 0.25) is 23.0 Å². The second-order valence-electron chi connectivity index (χ2n) is 9.58. The monoisotopic (exact) mass is 634 g/mol. The average molecular weight is 635 g/mol. The third-order valence-corrected chi connectivity index (χ3v) is 6.95. The van der Waals surface area contributed by atoms with Gasteiger partial charge in [0.1, 0.15) is 12.8 Å². The van der Waals surface area contributed by atoms with E-state index in [1.54, 1.807) is 19.2 Å². The molecule has 16 nitrogen and oxygen atoms in total. The zero-order valence-corrected chi connectivity index (χ0v) is 26.1. The lowest BCUT2D eigenvalue weighted by molar-refractivity contribution is -0.380. The summed E-state index contributed by atoms with van der Waals surface area (Å²) in [6.45, 7) is 8.07. The van der Waals surface area contributed by atoms with E-state index < -0.39 is 11.0 Å². The predicted molar refractivity (Wildman–Crippen MR) is 174 cm³/mol. The van der Waals surface area contributed by atoms with Gasteiger partial charge < -0.3 is 30.9 Å². The Morgan fingerprint density at radius 2 is 1.73 bits per heavy atom. The molecule has 0 aliphatic heterocycles. The predicted octanol–water partition coefficient (Wildman–Crippen LogP) is 5.72. The minimum absolute atomic E-state index is 0.0932. The van der Waals surface area contributed by atoms with Crippen molar-refractivity contribution in [3.63, 3.8) is 0 Å². The van der Waals surface area contributed by atoms with Crippen LogP contribution >= 0.6 is 11.3 Å². The van der Waals surface area contributed by atoms with Crippen molar-refractivity contribution >= 4 is 62.5 Å². The van der Waals surface area contributed by atoms with Crippen molar-refractivity contribution in [2.75, 3.05) is 60.7 Å². The number of aromatic nitrogens is 4. The molecule has 236 valence electrons. The van der Waals surface area contributed by atoms with Crippen molar-refractivity contribution in [3.8, 4) is 0 Å². The number of nitrogens with one attached hydrogen (secondary N) is 4. The molecule has 0 saturated heterocycles. The number of nitrogens with zero attached hydrogens (tertiary/aromatic N) is 8. The minimum atomic E-state index is -0.533. The van der Waals surface area contributed by atoms with Gasteiger partial charge in [-0.05, 0) is 79.6 Å². The number of carbonyl (C=O) groups is 1. The Hall–Kier alpha value is -5.45. The molecule has 0 bridgehead atoms. The van der Waals surface area contributed by atoms with Gasteiger partial charge in [0.25, 0.3) is 0 Å². The van der Waals surface area contributed by atoms with E-state index in [2.05, 4.69) is 57.5 Å². The molecule has 0 atom stereocenters. The number of benzene rings is 2. The number of hydrogen-bond donors (Lipinski definition) is 4. The summed E-state index contributed by atoms with van der Waals surface area (Å²) in [5.74, 6) is 1.14. The summed E-state index contributed by atoms with van der Waals surface area (Å²) >= 11 is 0.849. The quantitative estimate of drug-likeness (QED) is 0.0538. The number of anilines is 5. The number of azo groups is 1. The summed E-state index contributed by atoms with van der Waals surface area (Å²) in [4.78, 5) is 41.5. The molecule has 45 heavy (non-hydrogen) atoms. The number of likely N-dealkylation sites (N-methyl/N-ethyl adjacent to an activating group) is 1. The van der Waals surface area contributed by atoms with E-state index in [1.165, 1.54) is 0 Å². The Bertz CT molecular complexity index is 1610. The van der Waals surface area contributed by atoms with E-state index in [0.29, 0.717) is 49.7 Å². The van der Waals surface area contributed by atoms with Crippen LogP contribution in [0.5, 0.6) is 0 Å². The van der Waals surface area contributed by atoms with Gasteiger partial charge in [0.15, 0.2) is 0 Å². The molecule has 0 spiro atoms. The highest BCUT2D eigenvalue weighted by molar-refractivity contribution is 7.18. The molecule has 0 aliphatic rings. The summed E-state index contributed by atoms with van der Waals surface area (Å²) in [6.07, 6.45) is 0.619. The number of ether oxygens (including phenoxy) is 1. The van der Waals surface area contributed by atoms with Crippen LogP contribution in [-0.2, 0) is 4.74 Å². The maximum absolute atomic E-state index is 12.2. The number of nitro groups is 1. The molecule has 1 amide bonds. The maximum Gasteiger partial charge on any atom is 0.407 e. The van der Waals surface area contributed by atoms with Crippen LogP contribution < -0.4 is 26.2 Å². The lowest BCUT2D eigenvalue weighted by atomic mass is 10.1. The van der Waals surface area contributed by atoms with Crippen LogP contribution in [0.25, 0.3) is 0 Å². The second kappa shape index (κ2) is 15.9. The highest BCUT2D eigenvalue weighted by Gasteiger charge is 2.12. The van der Waals surface area contributed by atoms with Gasteiger partial charge in [-0.25, -0.2) is 9.78 Å². The molecular formula is C28H34N12O4S. The second-order valence-corrected chi connectivity index (χ2v) is 10.6. The Labute approximate surface area is 263 Å². The van der Waals surface area contributed by atoms with E-state index >= 15 is 0 Å². The molecule has 2 aromatic carbocycles. The van der Waals surface area contributed by atoms with Crippen LogP contribution in [0.2, 0.25) is 0 Å². The Morgan fingerprint density at radius 3 is 2.40 bits per heavy atom. The molecule has 2 aromatic heterocycles. The number of alkyl carbamates (subject to hydrolysis) is 1. The summed E-state index contributed by atoms with van der Waals surface area (Å²) in [5.41, 5.74) is 4.61. The van der Waals surface area contributed by atoms with E-state index in [1.807, 2.05) is 49.9 Å². The Kier molecular flexibility index (Phi) is 11.4. The van der Waals surface area contributed by atoms with Crippen molar-refractivity contribution in [1.29, 1.82) is 0 Å². The van der Waals surface area contributed by atoms with Crippen molar-refractivity contribution in [2.24, 2.45) is 10.2 Å². The summed E-state index contributed by atoms with van der Waals surface area (Å²) in [7, 11) is 1.72. The first kappa shape index (κ1) is 32.5. The normalized spacial score (nSPS) is 10.8. The van der Waals surface area contributed by atoms with Gasteiger partial charge in [-0.15, -0.1) is 10.2 Å². The van der Waals surface area contributed by atoms with Crippen LogP contribution in [0.3, 0.4) is 0 Å². The molecule has 4 N–H and O–H groups in total. The summed E-state index contributed by atoms with van der Waals surface area (Å²) < 4.78 is 5.35. The number of aryl methyl sites for hydroxylation is 2. The molecule has 4 aromatic rings. The number of amides is 1. The highest BCUT2D eigenvalue weighted by Crippen LogP contribution is 2.29. The Balaban J connectivity index is 1.19. The minimum Gasteiger partial charge on any atom is -0.448 e. The van der Waals surface area contributed by atoms with E-state index in [-0.39, 0.29) is 16.7 Å². The van der Waals surface area contributed by atoms with Gasteiger partial charge in [0.05, 0.1) is 17.2 Å². The lowest BCUT2D eigenvalue weighted by Gasteiger charge is -2.23. The summed E-state index contributed by atoms with van der Waals surface area (Å²) in [5, 5.41) is 30.9. The zero-order valence-electron chi connectivity index (χ0n) is 25.3. The van der Waals surface area contributed by atoms with Gasteiger partial charge >= 0.3 is 11.1 Å². The number of rotatable bonds is 15. The Morgan fingerprint density at radius 1 is 1.02 bits per heavy atom. The fraction of sp³-hybridized carbons (Fsp3) is 0.321. The third-order valence-electron chi connectivity index (χ3n) is 6.12. The fourth-order valence-electron chi connectivity index (χ4n) is 4.12. The molecular weight excluding hydrogens is 600 g/mol. The van der Waals surface area contributed by atoms with Crippen molar-refractivity contribution in [1.82, 2.24) is 25.3 Å². The van der Waals surface area contributed by atoms with E-state index in [9.17, 15) is 14.9 Å². The molecule has 17 heteroatoms. The molecule has 0 aliphatic carbocycles. The molecule has 0 saturated carbocycles. The standard InChI is InChI=1S/C28H34N12O4S/c1-5-39(22-8-6-20(7-9-22)37-38-27-32-17-23(45-27)40(42)43)12-13-44-28(41)31-11-10-30-25-34-24(29-4)35-26(36-25)33-21-15-18(2)14-19(3)16-21/h6-9,14-17H,5,10-13H2,1-4H3,(H,31,41)(H3,29,30,33,34,35,36). The SMILES string of the molecule is CCN(CCOC(=O)NCCNc1nc(NC)nc(Nc2cc(C)cc(C)c2)n1)c1ccc(N=Nc2ncc([N+](=O)[O-])s2)cc1.